The van der Waals surface area contributed by atoms with Crippen molar-refractivity contribution < 1.29 is 0 Å². The highest BCUT2D eigenvalue weighted by molar-refractivity contribution is 9.18. The Labute approximate surface area is 143 Å². The van der Waals surface area contributed by atoms with Gasteiger partial charge in [-0.05, 0) is 65.0 Å². The van der Waals surface area contributed by atoms with E-state index in [1.54, 1.807) is 12.3 Å². The van der Waals surface area contributed by atoms with Gasteiger partial charge in [0.1, 0.15) is 10.7 Å². The molecule has 1 aromatic heterocycles. The highest BCUT2D eigenvalue weighted by atomic mass is 79.9. The first-order chi connectivity index (χ1) is 11.1. The standard InChI is InChI=1S/C17H16BrN5/c18-17(21)13-7-12(4-5-14(13)20)23-15-3-1-2-11-6-10(8-19)9-22-16(11)15/h4-7,9,15,21,23H,1-3,20H2. The number of nitrogens with two attached hydrogens (primary N) is 1. The van der Waals surface area contributed by atoms with E-state index in [0.717, 1.165) is 36.2 Å². The topological polar surface area (TPSA) is 98.6 Å². The van der Waals surface area contributed by atoms with E-state index < -0.39 is 0 Å². The van der Waals surface area contributed by atoms with E-state index in [-0.39, 0.29) is 10.7 Å². The highest BCUT2D eigenvalue weighted by Crippen LogP contribution is 2.32. The van der Waals surface area contributed by atoms with Gasteiger partial charge >= 0.3 is 0 Å². The van der Waals surface area contributed by atoms with Crippen molar-refractivity contribution in [1.82, 2.24) is 4.98 Å². The predicted molar refractivity (Wildman–Crippen MR) is 94.9 cm³/mol. The Kier molecular flexibility index (Phi) is 4.30. The molecule has 0 saturated heterocycles. The molecular weight excluding hydrogens is 354 g/mol. The number of fused-ring (bicyclic) bond motifs is 1. The van der Waals surface area contributed by atoms with Crippen LogP contribution in [-0.2, 0) is 6.42 Å². The van der Waals surface area contributed by atoms with Crippen LogP contribution in [0.1, 0.15) is 41.3 Å². The van der Waals surface area contributed by atoms with Crippen molar-refractivity contribution in [3.05, 3.63) is 52.8 Å². The van der Waals surface area contributed by atoms with Gasteiger partial charge in [-0.2, -0.15) is 5.26 Å². The van der Waals surface area contributed by atoms with Crippen LogP contribution < -0.4 is 11.1 Å². The first-order valence-electron chi connectivity index (χ1n) is 7.38. The number of hydrogen-bond acceptors (Lipinski definition) is 5. The second kappa shape index (κ2) is 6.39. The molecule has 1 aliphatic carbocycles. The molecule has 3 rings (SSSR count). The molecule has 0 saturated carbocycles. The molecule has 1 aromatic carbocycles. The quantitative estimate of drug-likeness (QED) is 0.566. The number of nitrogens with zero attached hydrogens (tertiary/aromatic N) is 2. The van der Waals surface area contributed by atoms with Crippen molar-refractivity contribution in [2.24, 2.45) is 0 Å². The van der Waals surface area contributed by atoms with Gasteiger partial charge in [0.2, 0.25) is 0 Å². The van der Waals surface area contributed by atoms with E-state index in [0.29, 0.717) is 16.8 Å². The largest absolute Gasteiger partial charge is 0.398 e. The van der Waals surface area contributed by atoms with Gasteiger partial charge in [-0.15, -0.1) is 0 Å². The highest BCUT2D eigenvalue weighted by Gasteiger charge is 2.22. The van der Waals surface area contributed by atoms with Gasteiger partial charge in [0.25, 0.3) is 0 Å². The fourth-order valence-electron chi connectivity index (χ4n) is 2.91. The van der Waals surface area contributed by atoms with Crippen molar-refractivity contribution in [3.63, 3.8) is 0 Å². The molecular formula is C17H16BrN5. The Morgan fingerprint density at radius 3 is 3.00 bits per heavy atom. The minimum atomic E-state index is 0.104. The van der Waals surface area contributed by atoms with Crippen LogP contribution in [0.4, 0.5) is 11.4 Å². The number of nitrogens with one attached hydrogen (secondary N) is 2. The maximum atomic E-state index is 9.01. The average Bonchev–Trinajstić information content (AvgIpc) is 2.56. The van der Waals surface area contributed by atoms with Gasteiger partial charge in [0.15, 0.2) is 0 Å². The third-order valence-corrected chi connectivity index (χ3v) is 4.46. The molecule has 0 bridgehead atoms. The zero-order valence-electron chi connectivity index (χ0n) is 12.4. The van der Waals surface area contributed by atoms with Gasteiger partial charge in [-0.1, -0.05) is 0 Å². The SMILES string of the molecule is N#Cc1cnc2c(c1)CCCC2Nc1ccc(N)c(C(=N)Br)c1. The minimum Gasteiger partial charge on any atom is -0.398 e. The van der Waals surface area contributed by atoms with Crippen molar-refractivity contribution in [3.8, 4) is 6.07 Å². The van der Waals surface area contributed by atoms with E-state index in [1.165, 1.54) is 0 Å². The van der Waals surface area contributed by atoms with Gasteiger partial charge in [-0.25, -0.2) is 0 Å². The molecule has 1 aliphatic rings. The molecule has 0 radical (unpaired) electrons. The Hall–Kier alpha value is -2.39. The zero-order valence-corrected chi connectivity index (χ0v) is 14.0. The summed E-state index contributed by atoms with van der Waals surface area (Å²) >= 11 is 3.17. The summed E-state index contributed by atoms with van der Waals surface area (Å²) < 4.78 is 0.263. The predicted octanol–water partition coefficient (Wildman–Crippen LogP) is 3.75. The van der Waals surface area contributed by atoms with E-state index in [9.17, 15) is 0 Å². The van der Waals surface area contributed by atoms with Crippen LogP contribution in [0, 0.1) is 16.7 Å². The third-order valence-electron chi connectivity index (χ3n) is 4.03. The fraction of sp³-hybridized carbons (Fsp3) is 0.235. The van der Waals surface area contributed by atoms with E-state index >= 15 is 0 Å². The van der Waals surface area contributed by atoms with Crippen molar-refractivity contribution in [1.29, 1.82) is 10.7 Å². The normalized spacial score (nSPS) is 16.3. The number of nitrogen functional groups attached to an aromatic ring is 1. The Balaban J connectivity index is 1.89. The van der Waals surface area contributed by atoms with E-state index in [1.807, 2.05) is 18.2 Å². The number of anilines is 2. The number of aryl methyl sites for hydroxylation is 1. The number of aromatic nitrogens is 1. The summed E-state index contributed by atoms with van der Waals surface area (Å²) in [5.41, 5.74) is 10.8. The van der Waals surface area contributed by atoms with Gasteiger partial charge < -0.3 is 11.1 Å². The van der Waals surface area contributed by atoms with Crippen LogP contribution in [0.25, 0.3) is 0 Å². The maximum absolute atomic E-state index is 9.01. The summed E-state index contributed by atoms with van der Waals surface area (Å²) in [5.74, 6) is 0. The molecule has 2 aromatic rings. The number of rotatable bonds is 3. The lowest BCUT2D eigenvalue weighted by molar-refractivity contribution is 0.583. The molecule has 4 N–H and O–H groups in total. The molecule has 0 spiro atoms. The molecule has 0 amide bonds. The second-order valence-corrected chi connectivity index (χ2v) is 6.38. The first-order valence-corrected chi connectivity index (χ1v) is 8.17. The summed E-state index contributed by atoms with van der Waals surface area (Å²) in [5, 5.41) is 20.2. The number of hydrogen-bond donors (Lipinski definition) is 3. The Morgan fingerprint density at radius 2 is 2.26 bits per heavy atom. The third kappa shape index (κ3) is 3.20. The molecule has 1 unspecified atom stereocenters. The zero-order chi connectivity index (χ0) is 16.4. The number of pyridine rings is 1. The van der Waals surface area contributed by atoms with E-state index in [4.69, 9.17) is 16.4 Å². The number of halogens is 1. The van der Waals surface area contributed by atoms with Crippen LogP contribution in [0.5, 0.6) is 0 Å². The van der Waals surface area contributed by atoms with Crippen LogP contribution in [0.2, 0.25) is 0 Å². The summed E-state index contributed by atoms with van der Waals surface area (Å²) in [6.45, 7) is 0. The second-order valence-electron chi connectivity index (χ2n) is 5.59. The lowest BCUT2D eigenvalue weighted by Crippen LogP contribution is -2.19. The lowest BCUT2D eigenvalue weighted by atomic mass is 9.91. The lowest BCUT2D eigenvalue weighted by Gasteiger charge is -2.26. The monoisotopic (exact) mass is 369 g/mol. The minimum absolute atomic E-state index is 0.104. The Morgan fingerprint density at radius 1 is 1.43 bits per heavy atom. The molecule has 0 aliphatic heterocycles. The summed E-state index contributed by atoms with van der Waals surface area (Å²) in [7, 11) is 0. The first kappa shape index (κ1) is 15.5. The number of benzene rings is 1. The Bertz CT molecular complexity index is 809. The van der Waals surface area contributed by atoms with Gasteiger partial charge in [-0.3, -0.25) is 10.4 Å². The van der Waals surface area contributed by atoms with Crippen LogP contribution in [-0.4, -0.2) is 9.60 Å². The fourth-order valence-corrected chi connectivity index (χ4v) is 3.25. The molecule has 0 fully saturated rings. The van der Waals surface area contributed by atoms with E-state index in [2.05, 4.69) is 32.3 Å². The van der Waals surface area contributed by atoms with Crippen LogP contribution in [0.15, 0.2) is 30.5 Å². The molecule has 5 nitrogen and oxygen atoms in total. The van der Waals surface area contributed by atoms with Crippen molar-refractivity contribution in [2.75, 3.05) is 11.1 Å². The molecule has 116 valence electrons. The number of nitriles is 1. The molecule has 6 heteroatoms. The van der Waals surface area contributed by atoms with Crippen LogP contribution in [0.3, 0.4) is 0 Å². The summed E-state index contributed by atoms with van der Waals surface area (Å²) in [6.07, 6.45) is 4.62. The molecule has 23 heavy (non-hydrogen) atoms. The average molecular weight is 370 g/mol. The summed E-state index contributed by atoms with van der Waals surface area (Å²) in [6, 6.07) is 9.75. The maximum Gasteiger partial charge on any atom is 0.106 e. The smallest absolute Gasteiger partial charge is 0.106 e. The van der Waals surface area contributed by atoms with Crippen molar-refractivity contribution >= 4 is 31.9 Å². The van der Waals surface area contributed by atoms with Crippen LogP contribution >= 0.6 is 15.9 Å². The van der Waals surface area contributed by atoms with Gasteiger partial charge in [0.05, 0.1) is 17.3 Å². The molecule has 1 atom stereocenters. The van der Waals surface area contributed by atoms with Gasteiger partial charge in [0, 0.05) is 23.1 Å². The summed E-state index contributed by atoms with van der Waals surface area (Å²) in [4.78, 5) is 4.48. The molecule has 1 heterocycles. The van der Waals surface area contributed by atoms with Crippen molar-refractivity contribution in [2.45, 2.75) is 25.3 Å².